The third-order valence-corrected chi connectivity index (χ3v) is 2.16. The van der Waals surface area contributed by atoms with E-state index in [4.69, 9.17) is 0 Å². The maximum Gasteiger partial charge on any atom is 0.253 e. The molecule has 1 heterocycles. The monoisotopic (exact) mass is 215 g/mol. The van der Waals surface area contributed by atoms with Crippen LogP contribution in [0.1, 0.15) is 13.3 Å². The lowest BCUT2D eigenvalue weighted by atomic mass is 10.2. The van der Waals surface area contributed by atoms with Gasteiger partial charge in [0.25, 0.3) is 5.91 Å². The number of carbonyl (C=O) groups excluding carboxylic acids is 2. The largest absolute Gasteiger partial charge is 0.272 e. The van der Waals surface area contributed by atoms with Crippen molar-refractivity contribution in [2.24, 2.45) is 10.1 Å². The van der Waals surface area contributed by atoms with E-state index >= 15 is 0 Å². The number of anilines is 1. The van der Waals surface area contributed by atoms with Crippen LogP contribution in [0.3, 0.4) is 0 Å². The van der Waals surface area contributed by atoms with Crippen LogP contribution in [0.25, 0.3) is 0 Å². The molecule has 0 spiro atoms. The molecule has 2 rings (SSSR count). The molecule has 5 heteroatoms. The first-order chi connectivity index (χ1) is 7.70. The summed E-state index contributed by atoms with van der Waals surface area (Å²) >= 11 is 0. The fraction of sp³-hybridized carbons (Fsp3) is 0.182. The summed E-state index contributed by atoms with van der Waals surface area (Å²) < 4.78 is 0. The third-order valence-electron chi connectivity index (χ3n) is 2.16. The Morgan fingerprint density at radius 1 is 1.50 bits per heavy atom. The van der Waals surface area contributed by atoms with Crippen LogP contribution < -0.4 is 5.01 Å². The number of isocyanates is 1. The second-order valence-corrected chi connectivity index (χ2v) is 3.44. The highest BCUT2D eigenvalue weighted by Crippen LogP contribution is 2.24. The summed E-state index contributed by atoms with van der Waals surface area (Å²) in [6.07, 6.45) is 1.79. The SMILES string of the molecule is CC1=NN(c2cccc(N=C=O)c2)C(=O)C1. The predicted octanol–water partition coefficient (Wildman–Crippen LogP) is 1.77. The first-order valence-corrected chi connectivity index (χ1v) is 4.75. The Balaban J connectivity index is 2.37. The summed E-state index contributed by atoms with van der Waals surface area (Å²) in [7, 11) is 0. The van der Waals surface area contributed by atoms with E-state index < -0.39 is 0 Å². The zero-order valence-corrected chi connectivity index (χ0v) is 8.67. The number of hydrogen-bond acceptors (Lipinski definition) is 4. The molecule has 1 aliphatic rings. The topological polar surface area (TPSA) is 62.1 Å². The van der Waals surface area contributed by atoms with Gasteiger partial charge in [-0.15, -0.1) is 0 Å². The van der Waals surface area contributed by atoms with Crippen molar-refractivity contribution in [1.82, 2.24) is 0 Å². The number of benzene rings is 1. The van der Waals surface area contributed by atoms with Crippen molar-refractivity contribution < 1.29 is 9.59 Å². The minimum atomic E-state index is -0.0790. The van der Waals surface area contributed by atoms with Gasteiger partial charge in [0, 0.05) is 5.71 Å². The van der Waals surface area contributed by atoms with Crippen LogP contribution in [0.5, 0.6) is 0 Å². The minimum Gasteiger partial charge on any atom is -0.272 e. The molecule has 0 atom stereocenters. The summed E-state index contributed by atoms with van der Waals surface area (Å²) in [5.74, 6) is -0.0790. The van der Waals surface area contributed by atoms with Gasteiger partial charge in [-0.25, -0.2) is 9.80 Å². The zero-order chi connectivity index (χ0) is 11.5. The van der Waals surface area contributed by atoms with Crippen LogP contribution in [0, 0.1) is 0 Å². The van der Waals surface area contributed by atoms with Gasteiger partial charge in [0.05, 0.1) is 17.8 Å². The maximum absolute atomic E-state index is 11.6. The van der Waals surface area contributed by atoms with E-state index in [2.05, 4.69) is 10.1 Å². The van der Waals surface area contributed by atoms with Crippen molar-refractivity contribution in [3.63, 3.8) is 0 Å². The lowest BCUT2D eigenvalue weighted by molar-refractivity contribution is -0.116. The quantitative estimate of drug-likeness (QED) is 0.557. The molecule has 1 amide bonds. The van der Waals surface area contributed by atoms with Crippen molar-refractivity contribution in [1.29, 1.82) is 0 Å². The van der Waals surface area contributed by atoms with Gasteiger partial charge in [-0.1, -0.05) is 6.07 Å². The summed E-state index contributed by atoms with van der Waals surface area (Å²) in [4.78, 5) is 25.2. The molecule has 0 N–H and O–H groups in total. The fourth-order valence-electron chi connectivity index (χ4n) is 1.50. The van der Waals surface area contributed by atoms with Crippen molar-refractivity contribution in [3.05, 3.63) is 24.3 Å². The second kappa shape index (κ2) is 4.08. The van der Waals surface area contributed by atoms with Gasteiger partial charge in [0.15, 0.2) is 0 Å². The Hall–Kier alpha value is -2.26. The Morgan fingerprint density at radius 2 is 2.31 bits per heavy atom. The van der Waals surface area contributed by atoms with Crippen molar-refractivity contribution in [2.45, 2.75) is 13.3 Å². The van der Waals surface area contributed by atoms with Crippen molar-refractivity contribution >= 4 is 29.1 Å². The highest BCUT2D eigenvalue weighted by Gasteiger charge is 2.22. The third kappa shape index (κ3) is 1.89. The van der Waals surface area contributed by atoms with E-state index in [1.54, 1.807) is 31.2 Å². The highest BCUT2D eigenvalue weighted by atomic mass is 16.2. The molecule has 5 nitrogen and oxygen atoms in total. The number of hydrazone groups is 1. The number of aliphatic imine (C=N–C) groups is 1. The lowest BCUT2D eigenvalue weighted by Crippen LogP contribution is -2.19. The molecule has 80 valence electrons. The molecule has 0 unspecified atom stereocenters. The summed E-state index contributed by atoms with van der Waals surface area (Å²) in [6, 6.07) is 6.72. The number of carbonyl (C=O) groups is 1. The molecule has 1 aromatic rings. The molecular weight excluding hydrogens is 206 g/mol. The van der Waals surface area contributed by atoms with Crippen molar-refractivity contribution in [3.8, 4) is 0 Å². The van der Waals surface area contributed by atoms with Gasteiger partial charge in [0.2, 0.25) is 6.08 Å². The lowest BCUT2D eigenvalue weighted by Gasteiger charge is -2.11. The van der Waals surface area contributed by atoms with E-state index in [1.165, 1.54) is 11.1 Å². The van der Waals surface area contributed by atoms with Gasteiger partial charge in [0.1, 0.15) is 0 Å². The predicted molar refractivity (Wildman–Crippen MR) is 59.4 cm³/mol. The number of amides is 1. The molecule has 0 saturated carbocycles. The Labute approximate surface area is 92.1 Å². The summed E-state index contributed by atoms with van der Waals surface area (Å²) in [6.45, 7) is 1.80. The molecule has 0 aromatic heterocycles. The van der Waals surface area contributed by atoms with E-state index in [9.17, 15) is 9.59 Å². The highest BCUT2D eigenvalue weighted by molar-refractivity contribution is 6.12. The molecule has 0 radical (unpaired) electrons. The van der Waals surface area contributed by atoms with Crippen LogP contribution >= 0.6 is 0 Å². The second-order valence-electron chi connectivity index (χ2n) is 3.44. The van der Waals surface area contributed by atoms with E-state index in [-0.39, 0.29) is 5.91 Å². The molecule has 1 aliphatic heterocycles. The van der Waals surface area contributed by atoms with Gasteiger partial charge in [-0.05, 0) is 25.1 Å². The van der Waals surface area contributed by atoms with E-state index in [0.717, 1.165) is 5.71 Å². The van der Waals surface area contributed by atoms with Crippen LogP contribution in [0.2, 0.25) is 0 Å². The van der Waals surface area contributed by atoms with Gasteiger partial charge >= 0.3 is 0 Å². The molecule has 0 fully saturated rings. The number of hydrogen-bond donors (Lipinski definition) is 0. The average Bonchev–Trinajstić information content (AvgIpc) is 2.59. The summed E-state index contributed by atoms with van der Waals surface area (Å²) in [5.41, 5.74) is 1.84. The standard InChI is InChI=1S/C11H9N3O2/c1-8-5-11(16)14(13-8)10-4-2-3-9(6-10)12-7-15/h2-4,6H,5H2,1H3. The molecule has 1 aromatic carbocycles. The normalized spacial score (nSPS) is 14.7. The van der Waals surface area contributed by atoms with E-state index in [0.29, 0.717) is 17.8 Å². The van der Waals surface area contributed by atoms with Gasteiger partial charge in [-0.2, -0.15) is 10.1 Å². The zero-order valence-electron chi connectivity index (χ0n) is 8.67. The smallest absolute Gasteiger partial charge is 0.253 e. The van der Waals surface area contributed by atoms with Crippen LogP contribution in [-0.2, 0) is 9.59 Å². The van der Waals surface area contributed by atoms with Gasteiger partial charge in [-0.3, -0.25) is 4.79 Å². The molecule has 0 aliphatic carbocycles. The van der Waals surface area contributed by atoms with Crippen LogP contribution in [-0.4, -0.2) is 17.7 Å². The maximum atomic E-state index is 11.6. The van der Waals surface area contributed by atoms with E-state index in [1.807, 2.05) is 0 Å². The average molecular weight is 215 g/mol. The van der Waals surface area contributed by atoms with Crippen molar-refractivity contribution in [2.75, 3.05) is 5.01 Å². The molecule has 0 saturated heterocycles. The Bertz CT molecular complexity index is 516. The first-order valence-electron chi connectivity index (χ1n) is 4.75. The Kier molecular flexibility index (Phi) is 2.62. The van der Waals surface area contributed by atoms with Crippen LogP contribution in [0.15, 0.2) is 34.4 Å². The number of nitrogens with zero attached hydrogens (tertiary/aromatic N) is 3. The number of rotatable bonds is 2. The fourth-order valence-corrected chi connectivity index (χ4v) is 1.50. The molecule has 16 heavy (non-hydrogen) atoms. The Morgan fingerprint density at radius 3 is 2.94 bits per heavy atom. The molecule has 0 bridgehead atoms. The van der Waals surface area contributed by atoms with Gasteiger partial charge < -0.3 is 0 Å². The minimum absolute atomic E-state index is 0.0790. The summed E-state index contributed by atoms with van der Waals surface area (Å²) in [5, 5.41) is 5.42. The van der Waals surface area contributed by atoms with Crippen LogP contribution in [0.4, 0.5) is 11.4 Å². The first kappa shape index (κ1) is 10.3. The molecular formula is C11H9N3O2.